The molecule has 0 spiro atoms. The Kier molecular flexibility index (Phi) is 7.13. The molecule has 2 N–H and O–H groups in total. The Balaban J connectivity index is 1.80. The fraction of sp³-hybridized carbons (Fsp3) is 0.208. The molecule has 31 heavy (non-hydrogen) atoms. The van der Waals surface area contributed by atoms with Crippen molar-refractivity contribution in [2.24, 2.45) is 0 Å². The lowest BCUT2D eigenvalue weighted by atomic mass is 10.1. The average molecular weight is 446 g/mol. The van der Waals surface area contributed by atoms with E-state index in [-0.39, 0.29) is 29.9 Å². The van der Waals surface area contributed by atoms with Crippen LogP contribution in [0, 0.1) is 13.8 Å². The summed E-state index contributed by atoms with van der Waals surface area (Å²) in [7, 11) is 0. The number of anilines is 1. The van der Waals surface area contributed by atoms with Gasteiger partial charge in [0.05, 0.1) is 17.9 Å². The number of rotatable bonds is 7. The van der Waals surface area contributed by atoms with Crippen molar-refractivity contribution in [1.29, 1.82) is 0 Å². The Hall–Kier alpha value is -3.12. The van der Waals surface area contributed by atoms with E-state index in [1.54, 1.807) is 24.3 Å². The smallest absolute Gasteiger partial charge is 0.264 e. The van der Waals surface area contributed by atoms with E-state index in [0.29, 0.717) is 22.0 Å². The summed E-state index contributed by atoms with van der Waals surface area (Å²) in [5, 5.41) is 13.1. The zero-order chi connectivity index (χ0) is 22.5. The quantitative estimate of drug-likeness (QED) is 0.438. The topological polar surface area (TPSA) is 58.6 Å². The Morgan fingerprint density at radius 3 is 2.61 bits per heavy atom. The second-order valence-electron chi connectivity index (χ2n) is 7.17. The summed E-state index contributed by atoms with van der Waals surface area (Å²) in [6.45, 7) is 3.86. The van der Waals surface area contributed by atoms with Gasteiger partial charge in [-0.05, 0) is 54.8 Å². The fourth-order valence-corrected chi connectivity index (χ4v) is 3.53. The molecule has 0 aliphatic rings. The highest BCUT2D eigenvalue weighted by atomic mass is 35.5. The number of nitrogens with one attached hydrogen (secondary N) is 1. The van der Waals surface area contributed by atoms with Crippen molar-refractivity contribution in [3.63, 3.8) is 0 Å². The predicted molar refractivity (Wildman–Crippen MR) is 118 cm³/mol. The minimum atomic E-state index is -2.56. The van der Waals surface area contributed by atoms with Crippen molar-refractivity contribution in [3.05, 3.63) is 87.4 Å². The molecule has 0 saturated heterocycles. The molecule has 4 nitrogen and oxygen atoms in total. The number of hydrogen-bond acceptors (Lipinski definition) is 3. The van der Waals surface area contributed by atoms with E-state index < -0.39 is 12.3 Å². The first-order valence-electron chi connectivity index (χ1n) is 9.66. The molecule has 7 heteroatoms. The summed E-state index contributed by atoms with van der Waals surface area (Å²) >= 11 is 5.94. The number of phenolic OH excluding ortho intramolecular Hbond substituents is 1. The molecule has 3 rings (SSSR count). The molecule has 0 atom stereocenters. The standard InChI is InChI=1S/C24H22ClF2NO3/c1-14-11-15(2)22(31-10-9-16-5-3-4-6-18(16)23(26)27)20(12-14)28-24(30)19-13-17(25)7-8-21(19)29/h3-8,11-13,23,29H,9-10H2,1-2H3,(H,28,30). The molecule has 0 bridgehead atoms. The molecule has 3 aromatic carbocycles. The number of carbonyl (C=O) groups is 1. The highest BCUT2D eigenvalue weighted by Gasteiger charge is 2.17. The van der Waals surface area contributed by atoms with Crippen LogP contribution in [-0.4, -0.2) is 17.6 Å². The first-order chi connectivity index (χ1) is 14.8. The average Bonchev–Trinajstić information content (AvgIpc) is 2.71. The fourth-order valence-electron chi connectivity index (χ4n) is 3.36. The minimum absolute atomic E-state index is 0.0170. The highest BCUT2D eigenvalue weighted by Crippen LogP contribution is 2.32. The van der Waals surface area contributed by atoms with E-state index in [1.165, 1.54) is 24.3 Å². The molecule has 3 aromatic rings. The summed E-state index contributed by atoms with van der Waals surface area (Å²) < 4.78 is 32.3. The van der Waals surface area contributed by atoms with Crippen molar-refractivity contribution >= 4 is 23.2 Å². The monoisotopic (exact) mass is 445 g/mol. The summed E-state index contributed by atoms with van der Waals surface area (Å²) in [6.07, 6.45) is -2.27. The number of aromatic hydroxyl groups is 1. The summed E-state index contributed by atoms with van der Waals surface area (Å²) in [4.78, 5) is 12.7. The Bertz CT molecular complexity index is 1100. The maximum atomic E-state index is 13.2. The van der Waals surface area contributed by atoms with Crippen molar-refractivity contribution < 1.29 is 23.4 Å². The molecule has 0 fully saturated rings. The maximum Gasteiger partial charge on any atom is 0.264 e. The second-order valence-corrected chi connectivity index (χ2v) is 7.61. The lowest BCUT2D eigenvalue weighted by Gasteiger charge is -2.17. The van der Waals surface area contributed by atoms with Gasteiger partial charge in [-0.1, -0.05) is 41.9 Å². The Morgan fingerprint density at radius 1 is 1.13 bits per heavy atom. The molecule has 0 radical (unpaired) electrons. The van der Waals surface area contributed by atoms with Crippen LogP contribution >= 0.6 is 11.6 Å². The summed E-state index contributed by atoms with van der Waals surface area (Å²) in [5.41, 5.74) is 2.63. The van der Waals surface area contributed by atoms with E-state index >= 15 is 0 Å². The number of amides is 1. The van der Waals surface area contributed by atoms with Gasteiger partial charge in [-0.25, -0.2) is 8.78 Å². The zero-order valence-corrected chi connectivity index (χ0v) is 17.8. The van der Waals surface area contributed by atoms with Crippen molar-refractivity contribution in [2.75, 3.05) is 11.9 Å². The van der Waals surface area contributed by atoms with Gasteiger partial charge in [0, 0.05) is 17.0 Å². The van der Waals surface area contributed by atoms with Gasteiger partial charge in [-0.15, -0.1) is 0 Å². The molecule has 1 amide bonds. The van der Waals surface area contributed by atoms with E-state index in [1.807, 2.05) is 19.9 Å². The van der Waals surface area contributed by atoms with Crippen molar-refractivity contribution in [1.82, 2.24) is 0 Å². The van der Waals surface area contributed by atoms with E-state index in [9.17, 15) is 18.7 Å². The number of benzene rings is 3. The first-order valence-corrected chi connectivity index (χ1v) is 10.0. The van der Waals surface area contributed by atoms with Gasteiger partial charge in [0.15, 0.2) is 0 Å². The number of alkyl halides is 2. The first kappa shape index (κ1) is 22.6. The van der Waals surface area contributed by atoms with Gasteiger partial charge in [0.2, 0.25) is 0 Å². The van der Waals surface area contributed by atoms with Crippen LogP contribution < -0.4 is 10.1 Å². The third kappa shape index (κ3) is 5.52. The SMILES string of the molecule is Cc1cc(C)c(OCCc2ccccc2C(F)F)c(NC(=O)c2cc(Cl)ccc2O)c1. The maximum absolute atomic E-state index is 13.2. The molecule has 162 valence electrons. The van der Waals surface area contributed by atoms with Crippen LogP contribution in [0.3, 0.4) is 0 Å². The van der Waals surface area contributed by atoms with Gasteiger partial charge in [0.1, 0.15) is 11.5 Å². The van der Waals surface area contributed by atoms with Crippen molar-refractivity contribution in [2.45, 2.75) is 26.7 Å². The van der Waals surface area contributed by atoms with Crippen LogP contribution in [0.5, 0.6) is 11.5 Å². The molecular weight excluding hydrogens is 424 g/mol. The van der Waals surface area contributed by atoms with Gasteiger partial charge < -0.3 is 15.2 Å². The number of carbonyl (C=O) groups excluding carboxylic acids is 1. The number of aryl methyl sites for hydroxylation is 2. The van der Waals surface area contributed by atoms with E-state index in [2.05, 4.69) is 5.32 Å². The molecular formula is C24H22ClF2NO3. The third-order valence-electron chi connectivity index (χ3n) is 4.78. The molecule has 0 saturated carbocycles. The van der Waals surface area contributed by atoms with E-state index in [4.69, 9.17) is 16.3 Å². The molecule has 0 aliphatic carbocycles. The van der Waals surface area contributed by atoms with Crippen LogP contribution in [0.1, 0.15) is 39.0 Å². The minimum Gasteiger partial charge on any atom is -0.507 e. The lowest BCUT2D eigenvalue weighted by Crippen LogP contribution is -2.14. The summed E-state index contributed by atoms with van der Waals surface area (Å²) in [5.74, 6) is -0.301. The number of phenols is 1. The largest absolute Gasteiger partial charge is 0.507 e. The van der Waals surface area contributed by atoms with Gasteiger partial charge in [-0.3, -0.25) is 4.79 Å². The second kappa shape index (κ2) is 9.79. The summed E-state index contributed by atoms with van der Waals surface area (Å²) in [6, 6.07) is 14.2. The molecule has 0 heterocycles. The lowest BCUT2D eigenvalue weighted by molar-refractivity contribution is 0.102. The number of hydrogen-bond donors (Lipinski definition) is 2. The van der Waals surface area contributed by atoms with Crippen LogP contribution in [0.4, 0.5) is 14.5 Å². The normalized spacial score (nSPS) is 10.9. The number of ether oxygens (including phenoxy) is 1. The van der Waals surface area contributed by atoms with Gasteiger partial charge >= 0.3 is 0 Å². The molecule has 0 unspecified atom stereocenters. The van der Waals surface area contributed by atoms with Crippen LogP contribution in [-0.2, 0) is 6.42 Å². The highest BCUT2D eigenvalue weighted by molar-refractivity contribution is 6.31. The van der Waals surface area contributed by atoms with Gasteiger partial charge in [-0.2, -0.15) is 0 Å². The predicted octanol–water partition coefficient (Wildman–Crippen LogP) is 6.47. The molecule has 0 aliphatic heterocycles. The van der Waals surface area contributed by atoms with E-state index in [0.717, 1.165) is 11.1 Å². The van der Waals surface area contributed by atoms with Crippen molar-refractivity contribution in [3.8, 4) is 11.5 Å². The van der Waals surface area contributed by atoms with Crippen LogP contribution in [0.2, 0.25) is 5.02 Å². The number of halogens is 3. The Labute approximate surface area is 184 Å². The zero-order valence-electron chi connectivity index (χ0n) is 17.1. The molecule has 0 aromatic heterocycles. The Morgan fingerprint density at radius 2 is 1.87 bits per heavy atom. The van der Waals surface area contributed by atoms with Gasteiger partial charge in [0.25, 0.3) is 12.3 Å². The third-order valence-corrected chi connectivity index (χ3v) is 5.01. The van der Waals surface area contributed by atoms with Crippen LogP contribution in [0.25, 0.3) is 0 Å². The van der Waals surface area contributed by atoms with Crippen LogP contribution in [0.15, 0.2) is 54.6 Å².